The molecule has 0 spiro atoms. The highest BCUT2D eigenvalue weighted by atomic mass is 79.9. The van der Waals surface area contributed by atoms with Gasteiger partial charge in [0.1, 0.15) is 0 Å². The first-order chi connectivity index (χ1) is 10.6. The van der Waals surface area contributed by atoms with E-state index in [1.807, 2.05) is 30.5 Å². The molecule has 1 amide bonds. The van der Waals surface area contributed by atoms with E-state index in [0.717, 1.165) is 20.5 Å². The third-order valence-corrected chi connectivity index (χ3v) is 5.05. The molecule has 0 aliphatic carbocycles. The summed E-state index contributed by atoms with van der Waals surface area (Å²) in [5, 5.41) is 4.87. The first kappa shape index (κ1) is 16.8. The SMILES string of the molecule is COc1cc(Br)c(CCNC(=O)c2sccc2C)cc1OC. The van der Waals surface area contributed by atoms with Crippen LogP contribution in [0.2, 0.25) is 0 Å². The van der Waals surface area contributed by atoms with Gasteiger partial charge in [0.05, 0.1) is 19.1 Å². The summed E-state index contributed by atoms with van der Waals surface area (Å²) < 4.78 is 11.5. The number of aryl methyl sites for hydroxylation is 1. The van der Waals surface area contributed by atoms with E-state index in [4.69, 9.17) is 9.47 Å². The molecule has 1 N–H and O–H groups in total. The molecule has 2 rings (SSSR count). The monoisotopic (exact) mass is 383 g/mol. The van der Waals surface area contributed by atoms with Crippen molar-refractivity contribution in [1.82, 2.24) is 5.32 Å². The number of methoxy groups -OCH3 is 2. The van der Waals surface area contributed by atoms with Crippen LogP contribution in [0.25, 0.3) is 0 Å². The van der Waals surface area contributed by atoms with E-state index in [1.165, 1.54) is 11.3 Å². The molecule has 1 aromatic heterocycles. The summed E-state index contributed by atoms with van der Waals surface area (Å²) in [6, 6.07) is 5.75. The topological polar surface area (TPSA) is 47.6 Å². The van der Waals surface area contributed by atoms with E-state index < -0.39 is 0 Å². The first-order valence-corrected chi connectivity index (χ1v) is 8.46. The molecular weight excluding hydrogens is 366 g/mol. The Hall–Kier alpha value is -1.53. The molecule has 0 saturated carbocycles. The highest BCUT2D eigenvalue weighted by molar-refractivity contribution is 9.10. The lowest BCUT2D eigenvalue weighted by atomic mass is 10.1. The van der Waals surface area contributed by atoms with Crippen LogP contribution in [0.5, 0.6) is 11.5 Å². The Balaban J connectivity index is 2.00. The highest BCUT2D eigenvalue weighted by Gasteiger charge is 2.12. The van der Waals surface area contributed by atoms with Crippen molar-refractivity contribution in [2.45, 2.75) is 13.3 Å². The van der Waals surface area contributed by atoms with Crippen LogP contribution < -0.4 is 14.8 Å². The first-order valence-electron chi connectivity index (χ1n) is 6.79. The normalized spacial score (nSPS) is 10.4. The molecular formula is C16H18BrNO3S. The van der Waals surface area contributed by atoms with E-state index in [0.29, 0.717) is 24.5 Å². The molecule has 0 aliphatic heterocycles. The minimum Gasteiger partial charge on any atom is -0.493 e. The molecule has 2 aromatic rings. The zero-order valence-corrected chi connectivity index (χ0v) is 15.1. The molecule has 6 heteroatoms. The molecule has 1 heterocycles. The van der Waals surface area contributed by atoms with Gasteiger partial charge in [0.25, 0.3) is 5.91 Å². The molecule has 4 nitrogen and oxygen atoms in total. The van der Waals surface area contributed by atoms with Crippen molar-refractivity contribution >= 4 is 33.2 Å². The van der Waals surface area contributed by atoms with Crippen LogP contribution in [-0.4, -0.2) is 26.7 Å². The summed E-state index contributed by atoms with van der Waals surface area (Å²) in [7, 11) is 3.21. The second-order valence-electron chi connectivity index (χ2n) is 4.74. The van der Waals surface area contributed by atoms with Crippen LogP contribution in [0, 0.1) is 6.92 Å². The smallest absolute Gasteiger partial charge is 0.261 e. The van der Waals surface area contributed by atoms with Crippen LogP contribution in [0.1, 0.15) is 20.8 Å². The van der Waals surface area contributed by atoms with E-state index in [-0.39, 0.29) is 5.91 Å². The Bertz CT molecular complexity index is 669. The minimum atomic E-state index is -0.0240. The number of carbonyl (C=O) groups excluding carboxylic acids is 1. The molecule has 1 aromatic carbocycles. The zero-order chi connectivity index (χ0) is 16.1. The summed E-state index contributed by atoms with van der Waals surface area (Å²) in [6.07, 6.45) is 0.705. The van der Waals surface area contributed by atoms with Gasteiger partial charge in [0, 0.05) is 11.0 Å². The van der Waals surface area contributed by atoms with Gasteiger partial charge in [-0.2, -0.15) is 0 Å². The quantitative estimate of drug-likeness (QED) is 0.824. The third kappa shape index (κ3) is 3.81. The number of rotatable bonds is 6. The summed E-state index contributed by atoms with van der Waals surface area (Å²) in [6.45, 7) is 2.50. The van der Waals surface area contributed by atoms with Gasteiger partial charge in [0.2, 0.25) is 0 Å². The van der Waals surface area contributed by atoms with Crippen molar-refractivity contribution in [3.63, 3.8) is 0 Å². The fraction of sp³-hybridized carbons (Fsp3) is 0.312. The average molecular weight is 384 g/mol. The maximum Gasteiger partial charge on any atom is 0.261 e. The predicted molar refractivity (Wildman–Crippen MR) is 92.3 cm³/mol. The maximum atomic E-state index is 12.1. The lowest BCUT2D eigenvalue weighted by Crippen LogP contribution is -2.25. The van der Waals surface area contributed by atoms with Crippen molar-refractivity contribution in [1.29, 1.82) is 0 Å². The van der Waals surface area contributed by atoms with Crippen molar-refractivity contribution < 1.29 is 14.3 Å². The van der Waals surface area contributed by atoms with Crippen LogP contribution in [0.3, 0.4) is 0 Å². The van der Waals surface area contributed by atoms with Gasteiger partial charge >= 0.3 is 0 Å². The Labute approximate surface area is 142 Å². The zero-order valence-electron chi connectivity index (χ0n) is 12.7. The Morgan fingerprint density at radius 3 is 2.55 bits per heavy atom. The Morgan fingerprint density at radius 2 is 1.95 bits per heavy atom. The van der Waals surface area contributed by atoms with Crippen LogP contribution in [0.4, 0.5) is 0 Å². The molecule has 0 radical (unpaired) electrons. The maximum absolute atomic E-state index is 12.1. The Morgan fingerprint density at radius 1 is 1.27 bits per heavy atom. The highest BCUT2D eigenvalue weighted by Crippen LogP contribution is 2.33. The van der Waals surface area contributed by atoms with Gasteiger partial charge in [-0.25, -0.2) is 0 Å². The summed E-state index contributed by atoms with van der Waals surface area (Å²) in [4.78, 5) is 12.8. The van der Waals surface area contributed by atoms with Crippen molar-refractivity contribution in [3.05, 3.63) is 44.1 Å². The van der Waals surface area contributed by atoms with Gasteiger partial charge in [0.15, 0.2) is 11.5 Å². The molecule has 22 heavy (non-hydrogen) atoms. The standard InChI is InChI=1S/C16H18BrNO3S/c1-10-5-7-22-15(10)16(19)18-6-4-11-8-13(20-2)14(21-3)9-12(11)17/h5,7-9H,4,6H2,1-3H3,(H,18,19). The lowest BCUT2D eigenvalue weighted by molar-refractivity contribution is 0.0957. The van der Waals surface area contributed by atoms with Crippen molar-refractivity contribution in [2.24, 2.45) is 0 Å². The van der Waals surface area contributed by atoms with Gasteiger partial charge in [-0.3, -0.25) is 4.79 Å². The number of ether oxygens (including phenoxy) is 2. The summed E-state index contributed by atoms with van der Waals surface area (Å²) >= 11 is 4.98. The Kier molecular flexibility index (Phi) is 5.85. The van der Waals surface area contributed by atoms with Crippen molar-refractivity contribution in [3.8, 4) is 11.5 Å². The van der Waals surface area contributed by atoms with Crippen LogP contribution >= 0.6 is 27.3 Å². The molecule has 0 bridgehead atoms. The fourth-order valence-electron chi connectivity index (χ4n) is 2.08. The number of halogens is 1. The van der Waals surface area contributed by atoms with Gasteiger partial charge in [-0.05, 0) is 48.1 Å². The molecule has 0 fully saturated rings. The molecule has 0 atom stereocenters. The third-order valence-electron chi connectivity index (χ3n) is 3.30. The molecule has 0 saturated heterocycles. The summed E-state index contributed by atoms with van der Waals surface area (Å²) in [5.74, 6) is 1.33. The van der Waals surface area contributed by atoms with Crippen LogP contribution in [-0.2, 0) is 6.42 Å². The fourth-order valence-corrected chi connectivity index (χ4v) is 3.45. The van der Waals surface area contributed by atoms with Gasteiger partial charge in [-0.15, -0.1) is 11.3 Å². The van der Waals surface area contributed by atoms with Gasteiger partial charge < -0.3 is 14.8 Å². The van der Waals surface area contributed by atoms with E-state index >= 15 is 0 Å². The molecule has 0 aliphatic rings. The van der Waals surface area contributed by atoms with Crippen molar-refractivity contribution in [2.75, 3.05) is 20.8 Å². The largest absolute Gasteiger partial charge is 0.493 e. The molecule has 0 unspecified atom stereocenters. The van der Waals surface area contributed by atoms with E-state index in [2.05, 4.69) is 21.2 Å². The summed E-state index contributed by atoms with van der Waals surface area (Å²) in [5.41, 5.74) is 2.07. The number of benzene rings is 1. The second-order valence-corrected chi connectivity index (χ2v) is 6.51. The number of carbonyl (C=O) groups is 1. The number of hydrogen-bond acceptors (Lipinski definition) is 4. The number of hydrogen-bond donors (Lipinski definition) is 1. The van der Waals surface area contributed by atoms with E-state index in [9.17, 15) is 4.79 Å². The predicted octanol–water partition coefficient (Wildman–Crippen LogP) is 3.81. The van der Waals surface area contributed by atoms with Gasteiger partial charge in [-0.1, -0.05) is 15.9 Å². The second kappa shape index (κ2) is 7.65. The number of thiophene rings is 1. The van der Waals surface area contributed by atoms with E-state index in [1.54, 1.807) is 14.2 Å². The van der Waals surface area contributed by atoms with Crippen LogP contribution in [0.15, 0.2) is 28.1 Å². The number of nitrogens with one attached hydrogen (secondary N) is 1. The lowest BCUT2D eigenvalue weighted by Gasteiger charge is -2.12. The minimum absolute atomic E-state index is 0.0240. The number of amides is 1. The molecule has 118 valence electrons. The average Bonchev–Trinajstić information content (AvgIpc) is 2.94.